The van der Waals surface area contributed by atoms with Gasteiger partial charge in [-0.25, -0.2) is 9.59 Å². The number of nitrogens with one attached hydrogen (secondary N) is 1. The number of carbonyl (C=O) groups excluding carboxylic acids is 2. The van der Waals surface area contributed by atoms with Gasteiger partial charge in [0.05, 0.1) is 29.2 Å². The SMILES string of the molecule is CCN1C(=O)NC(c2ccccc2[N+](=O)[O-])C(C(=O)OC)=C1C. The van der Waals surface area contributed by atoms with Crippen LogP contribution in [0.5, 0.6) is 0 Å². The molecule has 0 saturated heterocycles. The summed E-state index contributed by atoms with van der Waals surface area (Å²) in [6.45, 7) is 3.75. The molecule has 8 heteroatoms. The summed E-state index contributed by atoms with van der Waals surface area (Å²) in [6.07, 6.45) is 0. The van der Waals surface area contributed by atoms with Gasteiger partial charge in [-0.05, 0) is 19.9 Å². The molecule has 0 spiro atoms. The molecule has 1 aliphatic heterocycles. The van der Waals surface area contributed by atoms with E-state index < -0.39 is 23.0 Å². The second kappa shape index (κ2) is 6.47. The standard InChI is InChI=1S/C15H17N3O5/c1-4-17-9(2)12(14(19)23-3)13(16-15(17)20)10-7-5-6-8-11(10)18(21)22/h5-8,13H,4H2,1-3H3,(H,16,20). The first-order chi connectivity index (χ1) is 10.9. The lowest BCUT2D eigenvalue weighted by Gasteiger charge is -2.34. The van der Waals surface area contributed by atoms with Crippen LogP contribution in [0.4, 0.5) is 10.5 Å². The molecule has 0 aromatic heterocycles. The van der Waals surface area contributed by atoms with Crippen molar-refractivity contribution in [1.82, 2.24) is 10.2 Å². The second-order valence-corrected chi connectivity index (χ2v) is 4.93. The molecule has 1 aromatic carbocycles. The highest BCUT2D eigenvalue weighted by molar-refractivity contribution is 5.95. The summed E-state index contributed by atoms with van der Waals surface area (Å²) in [5, 5.41) is 13.9. The molecule has 1 N–H and O–H groups in total. The normalized spacial score (nSPS) is 17.8. The topological polar surface area (TPSA) is 102 Å². The lowest BCUT2D eigenvalue weighted by Crippen LogP contribution is -2.47. The molecule has 2 amide bonds. The molecule has 0 aliphatic carbocycles. The van der Waals surface area contributed by atoms with Crippen LogP contribution in [-0.4, -0.2) is 35.5 Å². The van der Waals surface area contributed by atoms with Crippen molar-refractivity contribution in [2.24, 2.45) is 0 Å². The van der Waals surface area contributed by atoms with Crippen molar-refractivity contribution in [2.75, 3.05) is 13.7 Å². The monoisotopic (exact) mass is 319 g/mol. The Labute approximate surface area is 132 Å². The summed E-state index contributed by atoms with van der Waals surface area (Å²) in [7, 11) is 1.23. The van der Waals surface area contributed by atoms with Crippen LogP contribution in [0.1, 0.15) is 25.5 Å². The van der Waals surface area contributed by atoms with E-state index in [0.717, 1.165) is 0 Å². The zero-order chi connectivity index (χ0) is 17.1. The van der Waals surface area contributed by atoms with Gasteiger partial charge in [-0.3, -0.25) is 15.0 Å². The molecule has 8 nitrogen and oxygen atoms in total. The van der Waals surface area contributed by atoms with Gasteiger partial charge in [0.1, 0.15) is 0 Å². The van der Waals surface area contributed by atoms with Crippen molar-refractivity contribution in [3.63, 3.8) is 0 Å². The largest absolute Gasteiger partial charge is 0.466 e. The molecule has 1 atom stereocenters. The summed E-state index contributed by atoms with van der Waals surface area (Å²) < 4.78 is 4.80. The lowest BCUT2D eigenvalue weighted by molar-refractivity contribution is -0.385. The Morgan fingerprint density at radius 2 is 2.09 bits per heavy atom. The van der Waals surface area contributed by atoms with Gasteiger partial charge in [0.2, 0.25) is 0 Å². The number of esters is 1. The number of hydrogen-bond acceptors (Lipinski definition) is 5. The zero-order valence-electron chi connectivity index (χ0n) is 13.0. The van der Waals surface area contributed by atoms with Crippen molar-refractivity contribution >= 4 is 17.7 Å². The Kier molecular flexibility index (Phi) is 4.63. The Balaban J connectivity index is 2.65. The van der Waals surface area contributed by atoms with E-state index in [-0.39, 0.29) is 16.8 Å². The van der Waals surface area contributed by atoms with Crippen LogP contribution >= 0.6 is 0 Å². The van der Waals surface area contributed by atoms with Crippen LogP contribution in [-0.2, 0) is 9.53 Å². The number of ether oxygens (including phenoxy) is 1. The predicted octanol–water partition coefficient (Wildman–Crippen LogP) is 2.13. The quantitative estimate of drug-likeness (QED) is 0.520. The molecule has 1 heterocycles. The number of urea groups is 1. The van der Waals surface area contributed by atoms with Crippen LogP contribution in [0.2, 0.25) is 0 Å². The van der Waals surface area contributed by atoms with Gasteiger partial charge >= 0.3 is 12.0 Å². The summed E-state index contributed by atoms with van der Waals surface area (Å²) >= 11 is 0. The number of amides is 2. The van der Waals surface area contributed by atoms with Gasteiger partial charge in [-0.15, -0.1) is 0 Å². The summed E-state index contributed by atoms with van der Waals surface area (Å²) in [5.41, 5.74) is 0.674. The average molecular weight is 319 g/mol. The number of methoxy groups -OCH3 is 1. The molecule has 1 aliphatic rings. The highest BCUT2D eigenvalue weighted by Gasteiger charge is 2.38. The van der Waals surface area contributed by atoms with Crippen LogP contribution in [0, 0.1) is 10.1 Å². The number of rotatable bonds is 4. The van der Waals surface area contributed by atoms with Crippen molar-refractivity contribution in [1.29, 1.82) is 0 Å². The molecule has 0 saturated carbocycles. The van der Waals surface area contributed by atoms with Crippen molar-refractivity contribution in [2.45, 2.75) is 19.9 Å². The van der Waals surface area contributed by atoms with Gasteiger partial charge in [-0.2, -0.15) is 0 Å². The molecule has 1 unspecified atom stereocenters. The smallest absolute Gasteiger partial charge is 0.337 e. The van der Waals surface area contributed by atoms with E-state index in [1.807, 2.05) is 0 Å². The summed E-state index contributed by atoms with van der Waals surface area (Å²) in [6, 6.07) is 4.64. The van der Waals surface area contributed by atoms with E-state index in [1.165, 1.54) is 30.2 Å². The number of allylic oxidation sites excluding steroid dienone is 1. The predicted molar refractivity (Wildman–Crippen MR) is 81.5 cm³/mol. The Bertz CT molecular complexity index is 698. The lowest BCUT2D eigenvalue weighted by atomic mass is 9.93. The minimum Gasteiger partial charge on any atom is -0.466 e. The number of nitrogens with zero attached hydrogens (tertiary/aromatic N) is 2. The number of para-hydroxylation sites is 1. The second-order valence-electron chi connectivity index (χ2n) is 4.93. The summed E-state index contributed by atoms with van der Waals surface area (Å²) in [5.74, 6) is -0.635. The van der Waals surface area contributed by atoms with Crippen molar-refractivity contribution in [3.8, 4) is 0 Å². The maximum Gasteiger partial charge on any atom is 0.337 e. The maximum absolute atomic E-state index is 12.2. The van der Waals surface area contributed by atoms with E-state index in [9.17, 15) is 19.7 Å². The zero-order valence-corrected chi connectivity index (χ0v) is 13.0. The molecule has 1 aromatic rings. The Morgan fingerprint density at radius 3 is 2.65 bits per heavy atom. The van der Waals surface area contributed by atoms with Gasteiger partial charge in [0.15, 0.2) is 0 Å². The molecular formula is C15H17N3O5. The van der Waals surface area contributed by atoms with Crippen molar-refractivity contribution < 1.29 is 19.2 Å². The Morgan fingerprint density at radius 1 is 1.43 bits per heavy atom. The van der Waals surface area contributed by atoms with E-state index in [4.69, 9.17) is 4.74 Å². The molecule has 0 bridgehead atoms. The highest BCUT2D eigenvalue weighted by Crippen LogP contribution is 2.35. The molecule has 0 radical (unpaired) electrons. The minimum absolute atomic E-state index is 0.169. The van der Waals surface area contributed by atoms with E-state index in [0.29, 0.717) is 12.2 Å². The first kappa shape index (κ1) is 16.5. The number of carbonyl (C=O) groups is 2. The molecule has 2 rings (SSSR count). The van der Waals surface area contributed by atoms with E-state index in [1.54, 1.807) is 19.9 Å². The fourth-order valence-electron chi connectivity index (χ4n) is 2.67. The van der Waals surface area contributed by atoms with Crippen LogP contribution in [0.3, 0.4) is 0 Å². The summed E-state index contributed by atoms with van der Waals surface area (Å²) in [4.78, 5) is 36.5. The average Bonchev–Trinajstić information content (AvgIpc) is 2.54. The van der Waals surface area contributed by atoms with E-state index >= 15 is 0 Å². The van der Waals surface area contributed by atoms with Gasteiger partial charge in [-0.1, -0.05) is 12.1 Å². The molecular weight excluding hydrogens is 302 g/mol. The minimum atomic E-state index is -0.931. The number of hydrogen-bond donors (Lipinski definition) is 1. The number of nitro groups is 1. The van der Waals surface area contributed by atoms with E-state index in [2.05, 4.69) is 5.32 Å². The number of nitro benzene ring substituents is 1. The third kappa shape index (κ3) is 2.87. The molecule has 122 valence electrons. The van der Waals surface area contributed by atoms with Gasteiger partial charge < -0.3 is 10.1 Å². The van der Waals surface area contributed by atoms with Crippen LogP contribution < -0.4 is 5.32 Å². The maximum atomic E-state index is 12.2. The van der Waals surface area contributed by atoms with Crippen LogP contribution in [0.25, 0.3) is 0 Å². The number of benzene rings is 1. The van der Waals surface area contributed by atoms with Gasteiger partial charge in [0.25, 0.3) is 5.69 Å². The highest BCUT2D eigenvalue weighted by atomic mass is 16.6. The molecule has 23 heavy (non-hydrogen) atoms. The first-order valence-electron chi connectivity index (χ1n) is 7.02. The molecule has 0 fully saturated rings. The van der Waals surface area contributed by atoms with Crippen molar-refractivity contribution in [3.05, 3.63) is 51.2 Å². The van der Waals surface area contributed by atoms with Crippen LogP contribution in [0.15, 0.2) is 35.5 Å². The first-order valence-corrected chi connectivity index (χ1v) is 7.02. The fraction of sp³-hybridized carbons (Fsp3) is 0.333. The third-order valence-corrected chi connectivity index (χ3v) is 3.76. The third-order valence-electron chi connectivity index (χ3n) is 3.76. The van der Waals surface area contributed by atoms with Gasteiger partial charge in [0, 0.05) is 18.3 Å². The fourth-order valence-corrected chi connectivity index (χ4v) is 2.67. The Hall–Kier alpha value is -2.90.